The maximum atomic E-state index is 12.5. The van der Waals surface area contributed by atoms with Crippen LogP contribution in [0.4, 0.5) is 11.4 Å². The molecule has 120 valence electrons. The molecular formula is C17H18N2O4. The van der Waals surface area contributed by atoms with E-state index in [1.54, 1.807) is 49.6 Å². The highest BCUT2D eigenvalue weighted by molar-refractivity contribution is 6.10. The number of hydrogen-bond acceptors (Lipinski definition) is 4. The van der Waals surface area contributed by atoms with Gasteiger partial charge in [0.1, 0.15) is 11.5 Å². The van der Waals surface area contributed by atoms with Crippen LogP contribution in [0.3, 0.4) is 0 Å². The minimum absolute atomic E-state index is 0.243. The van der Waals surface area contributed by atoms with Crippen molar-refractivity contribution in [3.05, 3.63) is 48.0 Å². The number of para-hydroxylation sites is 1. The molecule has 0 aromatic heterocycles. The fourth-order valence-electron chi connectivity index (χ4n) is 2.07. The Morgan fingerprint density at radius 2 is 1.65 bits per heavy atom. The lowest BCUT2D eigenvalue weighted by Crippen LogP contribution is -2.16. The van der Waals surface area contributed by atoms with Gasteiger partial charge in [-0.15, -0.1) is 0 Å². The lowest BCUT2D eigenvalue weighted by molar-refractivity contribution is -0.114. The van der Waals surface area contributed by atoms with E-state index >= 15 is 0 Å². The van der Waals surface area contributed by atoms with Crippen molar-refractivity contribution in [2.45, 2.75) is 6.92 Å². The summed E-state index contributed by atoms with van der Waals surface area (Å²) in [5.41, 5.74) is 1.32. The number of carbonyl (C=O) groups is 2. The number of hydrogen-bond donors (Lipinski definition) is 2. The van der Waals surface area contributed by atoms with E-state index in [4.69, 9.17) is 9.47 Å². The zero-order valence-electron chi connectivity index (χ0n) is 13.2. The van der Waals surface area contributed by atoms with Gasteiger partial charge < -0.3 is 20.1 Å². The van der Waals surface area contributed by atoms with E-state index in [0.29, 0.717) is 28.4 Å². The Morgan fingerprint density at radius 1 is 0.913 bits per heavy atom. The Balaban J connectivity index is 2.28. The summed E-state index contributed by atoms with van der Waals surface area (Å²) in [6.45, 7) is 1.39. The molecule has 0 bridgehead atoms. The standard InChI is InChI=1S/C17H18N2O4/c1-11(20)18-14-7-5-4-6-13(14)17(21)19-15-9-8-12(22-2)10-16(15)23-3/h4-10H,1-3H3,(H,18,20)(H,19,21). The number of rotatable bonds is 5. The lowest BCUT2D eigenvalue weighted by Gasteiger charge is -2.13. The fraction of sp³-hybridized carbons (Fsp3) is 0.176. The normalized spacial score (nSPS) is 9.87. The van der Waals surface area contributed by atoms with Crippen LogP contribution in [0.1, 0.15) is 17.3 Å². The molecule has 2 amide bonds. The van der Waals surface area contributed by atoms with Gasteiger partial charge in [0.25, 0.3) is 5.91 Å². The second-order valence-electron chi connectivity index (χ2n) is 4.75. The molecule has 2 aromatic carbocycles. The first-order valence-electron chi connectivity index (χ1n) is 6.95. The van der Waals surface area contributed by atoms with Crippen molar-refractivity contribution in [2.24, 2.45) is 0 Å². The summed E-state index contributed by atoms with van der Waals surface area (Å²) < 4.78 is 10.4. The molecule has 0 unspecified atom stereocenters. The van der Waals surface area contributed by atoms with Crippen LogP contribution in [0.2, 0.25) is 0 Å². The third-order valence-electron chi connectivity index (χ3n) is 3.14. The van der Waals surface area contributed by atoms with Gasteiger partial charge in [0.05, 0.1) is 31.2 Å². The molecule has 0 aliphatic carbocycles. The van der Waals surface area contributed by atoms with Crippen molar-refractivity contribution in [1.82, 2.24) is 0 Å². The summed E-state index contributed by atoms with van der Waals surface area (Å²) >= 11 is 0. The summed E-state index contributed by atoms with van der Waals surface area (Å²) in [6.07, 6.45) is 0. The topological polar surface area (TPSA) is 76.7 Å². The molecule has 0 atom stereocenters. The molecule has 0 heterocycles. The first-order valence-corrected chi connectivity index (χ1v) is 6.95. The third kappa shape index (κ3) is 4.00. The van der Waals surface area contributed by atoms with Crippen LogP contribution >= 0.6 is 0 Å². The minimum atomic E-state index is -0.349. The summed E-state index contributed by atoms with van der Waals surface area (Å²) in [5.74, 6) is 0.512. The maximum Gasteiger partial charge on any atom is 0.257 e. The van der Waals surface area contributed by atoms with Crippen LogP contribution < -0.4 is 20.1 Å². The Hall–Kier alpha value is -3.02. The molecule has 0 saturated heterocycles. The monoisotopic (exact) mass is 314 g/mol. The van der Waals surface area contributed by atoms with Crippen LogP contribution in [0.25, 0.3) is 0 Å². The molecule has 0 radical (unpaired) electrons. The smallest absolute Gasteiger partial charge is 0.257 e. The molecule has 0 saturated carbocycles. The minimum Gasteiger partial charge on any atom is -0.497 e. The zero-order valence-corrected chi connectivity index (χ0v) is 13.2. The highest BCUT2D eigenvalue weighted by Crippen LogP contribution is 2.29. The fourth-order valence-corrected chi connectivity index (χ4v) is 2.07. The van der Waals surface area contributed by atoms with Gasteiger partial charge in [0, 0.05) is 13.0 Å². The molecule has 0 aliphatic heterocycles. The van der Waals surface area contributed by atoms with Gasteiger partial charge in [-0.25, -0.2) is 0 Å². The van der Waals surface area contributed by atoms with E-state index in [0.717, 1.165) is 0 Å². The molecule has 0 fully saturated rings. The second-order valence-corrected chi connectivity index (χ2v) is 4.75. The first kappa shape index (κ1) is 16.4. The Morgan fingerprint density at radius 3 is 2.30 bits per heavy atom. The summed E-state index contributed by atoms with van der Waals surface area (Å²) in [6, 6.07) is 11.9. The van der Waals surface area contributed by atoms with E-state index < -0.39 is 0 Å². The molecule has 6 nitrogen and oxygen atoms in total. The van der Waals surface area contributed by atoms with E-state index in [-0.39, 0.29) is 11.8 Å². The molecule has 2 N–H and O–H groups in total. The van der Waals surface area contributed by atoms with E-state index in [9.17, 15) is 9.59 Å². The average Bonchev–Trinajstić information content (AvgIpc) is 2.55. The number of anilines is 2. The predicted molar refractivity (Wildman–Crippen MR) is 88.2 cm³/mol. The molecule has 6 heteroatoms. The van der Waals surface area contributed by atoms with Gasteiger partial charge in [-0.1, -0.05) is 12.1 Å². The Labute approximate surface area is 134 Å². The van der Waals surface area contributed by atoms with Gasteiger partial charge in [0.2, 0.25) is 5.91 Å². The van der Waals surface area contributed by atoms with Crippen molar-refractivity contribution in [3.8, 4) is 11.5 Å². The van der Waals surface area contributed by atoms with Gasteiger partial charge in [0.15, 0.2) is 0 Å². The second kappa shape index (κ2) is 7.31. The van der Waals surface area contributed by atoms with Crippen LogP contribution in [0.5, 0.6) is 11.5 Å². The van der Waals surface area contributed by atoms with Crippen LogP contribution in [0.15, 0.2) is 42.5 Å². The van der Waals surface area contributed by atoms with Crippen molar-refractivity contribution >= 4 is 23.2 Å². The number of ether oxygens (including phenoxy) is 2. The third-order valence-corrected chi connectivity index (χ3v) is 3.14. The van der Waals surface area contributed by atoms with Crippen molar-refractivity contribution < 1.29 is 19.1 Å². The molecule has 2 rings (SSSR count). The first-order chi connectivity index (χ1) is 11.0. The molecule has 2 aromatic rings. The van der Waals surface area contributed by atoms with E-state index in [1.807, 2.05) is 0 Å². The number of amides is 2. The SMILES string of the molecule is COc1ccc(NC(=O)c2ccccc2NC(C)=O)c(OC)c1. The largest absolute Gasteiger partial charge is 0.497 e. The predicted octanol–water partition coefficient (Wildman–Crippen LogP) is 2.91. The summed E-state index contributed by atoms with van der Waals surface area (Å²) in [7, 11) is 3.06. The van der Waals surface area contributed by atoms with Gasteiger partial charge in [-0.2, -0.15) is 0 Å². The van der Waals surface area contributed by atoms with Gasteiger partial charge >= 0.3 is 0 Å². The maximum absolute atomic E-state index is 12.5. The number of carbonyl (C=O) groups excluding carboxylic acids is 2. The number of benzene rings is 2. The molecule has 0 spiro atoms. The Bertz CT molecular complexity index is 728. The van der Waals surface area contributed by atoms with E-state index in [1.165, 1.54) is 14.0 Å². The zero-order chi connectivity index (χ0) is 16.8. The Kier molecular flexibility index (Phi) is 5.19. The van der Waals surface area contributed by atoms with Gasteiger partial charge in [-0.05, 0) is 24.3 Å². The van der Waals surface area contributed by atoms with Gasteiger partial charge in [-0.3, -0.25) is 9.59 Å². The quantitative estimate of drug-likeness (QED) is 0.889. The summed E-state index contributed by atoms with van der Waals surface area (Å²) in [5, 5.41) is 5.41. The average molecular weight is 314 g/mol. The van der Waals surface area contributed by atoms with Crippen LogP contribution in [0, 0.1) is 0 Å². The van der Waals surface area contributed by atoms with Crippen molar-refractivity contribution in [2.75, 3.05) is 24.9 Å². The highest BCUT2D eigenvalue weighted by atomic mass is 16.5. The van der Waals surface area contributed by atoms with E-state index in [2.05, 4.69) is 10.6 Å². The van der Waals surface area contributed by atoms with Crippen molar-refractivity contribution in [3.63, 3.8) is 0 Å². The van der Waals surface area contributed by atoms with Crippen LogP contribution in [-0.2, 0) is 4.79 Å². The molecular weight excluding hydrogens is 296 g/mol. The lowest BCUT2D eigenvalue weighted by atomic mass is 10.1. The summed E-state index contributed by atoms with van der Waals surface area (Å²) in [4.78, 5) is 23.7. The number of nitrogens with one attached hydrogen (secondary N) is 2. The van der Waals surface area contributed by atoms with Crippen LogP contribution in [-0.4, -0.2) is 26.0 Å². The number of methoxy groups -OCH3 is 2. The highest BCUT2D eigenvalue weighted by Gasteiger charge is 2.14. The van der Waals surface area contributed by atoms with Crippen molar-refractivity contribution in [1.29, 1.82) is 0 Å². The molecule has 0 aliphatic rings. The molecule has 23 heavy (non-hydrogen) atoms.